The molecule has 5 rings (SSSR count). The Hall–Kier alpha value is -4.29. The maximum atomic E-state index is 13.2. The number of aromatic nitrogens is 4. The highest BCUT2D eigenvalue weighted by Gasteiger charge is 2.48. The number of carboxylic acids is 1. The van der Waals surface area contributed by atoms with Crippen molar-refractivity contribution in [1.29, 1.82) is 0 Å². The van der Waals surface area contributed by atoms with Crippen LogP contribution in [0.5, 0.6) is 5.75 Å². The molecule has 0 saturated carbocycles. The number of carboxylic acid groups (broad SMARTS) is 1. The summed E-state index contributed by atoms with van der Waals surface area (Å²) >= 11 is 0. The lowest BCUT2D eigenvalue weighted by molar-refractivity contribution is -0.192. The molecule has 3 aromatic rings. The van der Waals surface area contributed by atoms with Crippen molar-refractivity contribution in [2.45, 2.75) is 37.9 Å². The lowest BCUT2D eigenvalue weighted by Crippen LogP contribution is -2.35. The SMILES string of the molecule is COc1ccc(-c2nnc3n(c2=O)CCC32CCN(C(=O)c3cccc(C)n3)C2)cc1.O=C(O)C(F)(F)F. The zero-order valence-electron chi connectivity index (χ0n) is 20.5. The highest BCUT2D eigenvalue weighted by molar-refractivity contribution is 5.92. The molecule has 1 N–H and O–H groups in total. The molecule has 10 nitrogen and oxygen atoms in total. The number of fused-ring (bicyclic) bond motifs is 2. The van der Waals surface area contributed by atoms with Crippen LogP contribution in [0.1, 0.15) is 34.8 Å². The van der Waals surface area contributed by atoms with Crippen LogP contribution < -0.4 is 10.3 Å². The molecule has 13 heteroatoms. The average molecular weight is 531 g/mol. The average Bonchev–Trinajstić information content (AvgIpc) is 3.49. The summed E-state index contributed by atoms with van der Waals surface area (Å²) in [5.74, 6) is -1.44. The Morgan fingerprint density at radius 3 is 2.32 bits per heavy atom. The molecule has 200 valence electrons. The molecule has 1 unspecified atom stereocenters. The number of nitrogens with zero attached hydrogens (tertiary/aromatic N) is 5. The lowest BCUT2D eigenvalue weighted by atomic mass is 9.85. The number of amides is 1. The third-order valence-electron chi connectivity index (χ3n) is 6.59. The molecule has 0 bridgehead atoms. The second-order valence-electron chi connectivity index (χ2n) is 9.03. The maximum absolute atomic E-state index is 13.2. The van der Waals surface area contributed by atoms with Gasteiger partial charge in [-0.15, -0.1) is 10.2 Å². The molecule has 1 atom stereocenters. The van der Waals surface area contributed by atoms with Crippen molar-refractivity contribution in [2.75, 3.05) is 20.2 Å². The maximum Gasteiger partial charge on any atom is 0.490 e. The van der Waals surface area contributed by atoms with E-state index in [1.54, 1.807) is 29.9 Å². The number of rotatable bonds is 3. The van der Waals surface area contributed by atoms with E-state index in [-0.39, 0.29) is 16.9 Å². The fourth-order valence-corrected chi connectivity index (χ4v) is 4.64. The highest BCUT2D eigenvalue weighted by Crippen LogP contribution is 2.41. The van der Waals surface area contributed by atoms with Crippen LogP contribution in [0.3, 0.4) is 0 Å². The molecule has 4 heterocycles. The Morgan fingerprint density at radius 2 is 1.71 bits per heavy atom. The number of pyridine rings is 1. The number of carbonyl (C=O) groups excluding carboxylic acids is 1. The second-order valence-corrected chi connectivity index (χ2v) is 9.03. The largest absolute Gasteiger partial charge is 0.497 e. The smallest absolute Gasteiger partial charge is 0.490 e. The first-order valence-electron chi connectivity index (χ1n) is 11.6. The van der Waals surface area contributed by atoms with Gasteiger partial charge in [0.1, 0.15) is 17.3 Å². The van der Waals surface area contributed by atoms with Crippen LogP contribution in [0.15, 0.2) is 47.3 Å². The van der Waals surface area contributed by atoms with Gasteiger partial charge in [0.05, 0.1) is 12.5 Å². The summed E-state index contributed by atoms with van der Waals surface area (Å²) < 4.78 is 38.6. The molecule has 1 spiro atoms. The van der Waals surface area contributed by atoms with E-state index in [9.17, 15) is 22.8 Å². The van der Waals surface area contributed by atoms with Crippen molar-refractivity contribution in [2.24, 2.45) is 0 Å². The number of aryl methyl sites for hydroxylation is 1. The van der Waals surface area contributed by atoms with Crippen molar-refractivity contribution in [3.05, 3.63) is 70.0 Å². The molecule has 0 radical (unpaired) electrons. The van der Waals surface area contributed by atoms with Crippen molar-refractivity contribution in [1.82, 2.24) is 24.6 Å². The van der Waals surface area contributed by atoms with Gasteiger partial charge >= 0.3 is 12.1 Å². The van der Waals surface area contributed by atoms with Gasteiger partial charge in [0.15, 0.2) is 5.69 Å². The van der Waals surface area contributed by atoms with Gasteiger partial charge in [0.25, 0.3) is 11.5 Å². The van der Waals surface area contributed by atoms with Gasteiger partial charge in [0.2, 0.25) is 0 Å². The number of hydrogen-bond donors (Lipinski definition) is 1. The summed E-state index contributed by atoms with van der Waals surface area (Å²) in [4.78, 5) is 41.2. The zero-order chi connectivity index (χ0) is 27.7. The van der Waals surface area contributed by atoms with Crippen LogP contribution in [0.25, 0.3) is 11.3 Å². The van der Waals surface area contributed by atoms with Crippen molar-refractivity contribution < 1.29 is 32.6 Å². The number of halogens is 3. The summed E-state index contributed by atoms with van der Waals surface area (Å²) in [6.07, 6.45) is -3.55. The second kappa shape index (κ2) is 10.2. The lowest BCUT2D eigenvalue weighted by Gasteiger charge is -2.23. The molecule has 1 aromatic carbocycles. The normalized spacial score (nSPS) is 18.1. The predicted octanol–water partition coefficient (Wildman–Crippen LogP) is 2.84. The fourth-order valence-electron chi connectivity index (χ4n) is 4.64. The van der Waals surface area contributed by atoms with Gasteiger partial charge in [-0.25, -0.2) is 9.78 Å². The number of alkyl halides is 3. The van der Waals surface area contributed by atoms with Crippen LogP contribution in [-0.4, -0.2) is 68.0 Å². The minimum absolute atomic E-state index is 0.0795. The molecular formula is C25H24F3N5O5. The Kier molecular flexibility index (Phi) is 7.20. The van der Waals surface area contributed by atoms with E-state index in [0.717, 1.165) is 24.3 Å². The summed E-state index contributed by atoms with van der Waals surface area (Å²) in [5, 5.41) is 15.9. The van der Waals surface area contributed by atoms with Crippen molar-refractivity contribution >= 4 is 11.9 Å². The number of carbonyl (C=O) groups is 2. The van der Waals surface area contributed by atoms with E-state index < -0.39 is 12.1 Å². The number of methoxy groups -OCH3 is 1. The standard InChI is InChI=1S/C23H23N5O3.C2HF3O2/c1-15-4-3-5-18(24-15)20(29)27-12-10-23(14-27)11-13-28-21(30)19(25-26-22(23)28)16-6-8-17(31-2)9-7-16;3-2(4,5)1(6)7/h3-9H,10-14H2,1-2H3;(H,6,7). The van der Waals surface area contributed by atoms with Crippen molar-refractivity contribution in [3.63, 3.8) is 0 Å². The Balaban J connectivity index is 0.000000426. The number of benzene rings is 1. The Morgan fingerprint density at radius 1 is 1.05 bits per heavy atom. The first-order chi connectivity index (χ1) is 17.9. The summed E-state index contributed by atoms with van der Waals surface area (Å²) in [5.41, 5.74) is 1.84. The molecule has 1 amide bonds. The van der Waals surface area contributed by atoms with E-state index in [2.05, 4.69) is 15.2 Å². The first kappa shape index (κ1) is 26.8. The third kappa shape index (κ3) is 5.22. The quantitative estimate of drug-likeness (QED) is 0.547. The van der Waals surface area contributed by atoms with Gasteiger partial charge in [0, 0.05) is 30.9 Å². The van der Waals surface area contributed by atoms with Gasteiger partial charge in [-0.1, -0.05) is 6.07 Å². The van der Waals surface area contributed by atoms with Crippen LogP contribution in [0, 0.1) is 6.92 Å². The topological polar surface area (TPSA) is 128 Å². The molecular weight excluding hydrogens is 507 g/mol. The van der Waals surface area contributed by atoms with E-state index in [0.29, 0.717) is 42.4 Å². The van der Waals surface area contributed by atoms with Crippen molar-refractivity contribution in [3.8, 4) is 17.0 Å². The van der Waals surface area contributed by atoms with Gasteiger partial charge < -0.3 is 14.7 Å². The summed E-state index contributed by atoms with van der Waals surface area (Å²) in [6, 6.07) is 12.7. The Labute approximate surface area is 214 Å². The van der Waals surface area contributed by atoms with Crippen LogP contribution in [0.4, 0.5) is 13.2 Å². The van der Waals surface area contributed by atoms with Crippen LogP contribution in [-0.2, 0) is 16.8 Å². The van der Waals surface area contributed by atoms with Gasteiger partial charge in [-0.2, -0.15) is 13.2 Å². The van der Waals surface area contributed by atoms with E-state index in [4.69, 9.17) is 14.6 Å². The molecule has 0 aliphatic carbocycles. The van der Waals surface area contributed by atoms with E-state index in [1.807, 2.05) is 36.1 Å². The molecule has 2 aliphatic rings. The van der Waals surface area contributed by atoms with Gasteiger partial charge in [-0.3, -0.25) is 14.2 Å². The monoisotopic (exact) mass is 531 g/mol. The minimum atomic E-state index is -5.08. The number of aliphatic carboxylic acids is 1. The molecule has 38 heavy (non-hydrogen) atoms. The zero-order valence-corrected chi connectivity index (χ0v) is 20.5. The first-order valence-corrected chi connectivity index (χ1v) is 11.6. The number of hydrogen-bond acceptors (Lipinski definition) is 7. The van der Waals surface area contributed by atoms with Crippen LogP contribution in [0.2, 0.25) is 0 Å². The summed E-state index contributed by atoms with van der Waals surface area (Å²) in [7, 11) is 1.60. The molecule has 1 fully saturated rings. The molecule has 1 saturated heterocycles. The third-order valence-corrected chi connectivity index (χ3v) is 6.59. The fraction of sp³-hybridized carbons (Fsp3) is 0.360. The Bertz CT molecular complexity index is 1420. The number of ether oxygens (including phenoxy) is 1. The van der Waals surface area contributed by atoms with E-state index >= 15 is 0 Å². The highest BCUT2D eigenvalue weighted by atomic mass is 19.4. The molecule has 2 aromatic heterocycles. The minimum Gasteiger partial charge on any atom is -0.497 e. The number of likely N-dealkylation sites (tertiary alicyclic amines) is 1. The predicted molar refractivity (Wildman–Crippen MR) is 128 cm³/mol. The van der Waals surface area contributed by atoms with Gasteiger partial charge in [-0.05, 0) is 56.2 Å². The summed E-state index contributed by atoms with van der Waals surface area (Å²) in [6.45, 7) is 3.59. The molecule has 2 aliphatic heterocycles. The van der Waals surface area contributed by atoms with Crippen LogP contribution >= 0.6 is 0 Å². The van der Waals surface area contributed by atoms with E-state index in [1.165, 1.54) is 0 Å².